The second kappa shape index (κ2) is 31.0. The number of Topliss-reactive ketones (excluding diaryl/α,β-unsaturated/α-hetero) is 2. The largest absolute Gasteiger partial charge is 0.481 e. The fourth-order valence-corrected chi connectivity index (χ4v) is 8.81. The first-order chi connectivity index (χ1) is 36.2. The summed E-state index contributed by atoms with van der Waals surface area (Å²) in [5.41, 5.74) is 0. The normalized spacial score (nSPS) is 15.1. The van der Waals surface area contributed by atoms with Crippen molar-refractivity contribution in [1.29, 1.82) is 0 Å². The van der Waals surface area contributed by atoms with Gasteiger partial charge in [-0.25, -0.2) is 4.79 Å². The molecule has 8 amide bonds. The Morgan fingerprint density at radius 2 is 0.525 bits per heavy atom. The van der Waals surface area contributed by atoms with Crippen molar-refractivity contribution in [3.05, 3.63) is 0 Å². The van der Waals surface area contributed by atoms with Crippen molar-refractivity contribution in [1.82, 2.24) is 42.5 Å². The van der Waals surface area contributed by atoms with E-state index in [9.17, 15) is 145 Å². The van der Waals surface area contributed by atoms with Crippen LogP contribution in [0.3, 0.4) is 0 Å². The minimum absolute atomic E-state index is 0.489. The number of carbonyl (C=O) groups excluding carboxylic acids is 10. The second-order valence-corrected chi connectivity index (χ2v) is 22.7. The zero-order chi connectivity index (χ0) is 62.6. The molecule has 0 aliphatic heterocycles. The van der Waals surface area contributed by atoms with Crippen LogP contribution in [-0.2, 0) is 112 Å². The summed E-state index contributed by atoms with van der Waals surface area (Å²) < 4.78 is 132. The van der Waals surface area contributed by atoms with Gasteiger partial charge in [-0.1, -0.05) is 0 Å². The number of ketones is 2. The van der Waals surface area contributed by atoms with E-state index < -0.39 is 245 Å². The Hall–Kier alpha value is -7.91. The van der Waals surface area contributed by atoms with Gasteiger partial charge >= 0.3 is 29.8 Å². The summed E-state index contributed by atoms with van der Waals surface area (Å²) in [6, 6.07) is -21.2. The molecule has 1 unspecified atom stereocenters. The third-order valence-corrected chi connectivity index (χ3v) is 12.6. The van der Waals surface area contributed by atoms with E-state index in [2.05, 4.69) is 0 Å². The number of rotatable bonds is 37. The number of hydrogen-bond donors (Lipinski definition) is 17. The molecular formula is C36H52N8O32S4. The number of nitrogens with one attached hydrogen (secondary N) is 8. The average Bonchev–Trinajstić information content (AvgIpc) is 3.24. The molecule has 452 valence electrons. The Morgan fingerprint density at radius 1 is 0.312 bits per heavy atom. The molecule has 0 aliphatic carbocycles. The zero-order valence-electron chi connectivity index (χ0n) is 40.8. The van der Waals surface area contributed by atoms with Crippen molar-refractivity contribution in [3.63, 3.8) is 0 Å². The second-order valence-electron chi connectivity index (χ2n) is 16.7. The molecule has 0 radical (unpaired) electrons. The Kier molecular flexibility index (Phi) is 28.0. The van der Waals surface area contributed by atoms with Gasteiger partial charge in [-0.15, -0.1) is 0 Å². The van der Waals surface area contributed by atoms with E-state index in [1.54, 1.807) is 10.6 Å². The molecule has 0 saturated heterocycles. The monoisotopic (exact) mass is 1240 g/mol. The van der Waals surface area contributed by atoms with E-state index in [4.69, 9.17) is 4.55 Å². The first kappa shape index (κ1) is 72.1. The fraction of sp³-hybridized carbons (Fsp3) is 0.583. The first-order valence-corrected chi connectivity index (χ1v) is 27.9. The van der Waals surface area contributed by atoms with Gasteiger partial charge in [-0.05, 0) is 13.8 Å². The summed E-state index contributed by atoms with van der Waals surface area (Å²) in [6.07, 6.45) is -7.60. The van der Waals surface area contributed by atoms with Gasteiger partial charge < -0.3 is 72.9 Å². The molecule has 0 aliphatic rings. The van der Waals surface area contributed by atoms with Crippen LogP contribution in [0.25, 0.3) is 0 Å². The van der Waals surface area contributed by atoms with E-state index in [-0.39, 0.29) is 0 Å². The molecule has 0 spiro atoms. The molecule has 0 fully saturated rings. The van der Waals surface area contributed by atoms with Crippen LogP contribution in [-0.4, -0.2) is 237 Å². The Bertz CT molecular complexity index is 2930. The van der Waals surface area contributed by atoms with Crippen LogP contribution in [0.5, 0.6) is 0 Å². The van der Waals surface area contributed by atoms with Crippen molar-refractivity contribution < 1.29 is 149 Å². The third-order valence-electron chi connectivity index (χ3n) is 9.63. The third kappa shape index (κ3) is 30.9. The van der Waals surface area contributed by atoms with E-state index in [0.29, 0.717) is 0 Å². The van der Waals surface area contributed by atoms with Crippen LogP contribution in [0.1, 0.15) is 52.4 Å². The van der Waals surface area contributed by atoms with E-state index in [1.807, 2.05) is 5.32 Å². The molecule has 9 atom stereocenters. The van der Waals surface area contributed by atoms with Gasteiger partial charge in [-0.2, -0.15) is 33.7 Å². The van der Waals surface area contributed by atoms with Gasteiger partial charge in [-0.3, -0.25) is 80.5 Å². The maximum absolute atomic E-state index is 13.5. The number of carboxylic acids is 5. The van der Waals surface area contributed by atoms with E-state index in [1.165, 1.54) is 26.6 Å². The molecule has 0 rings (SSSR count). The maximum atomic E-state index is 13.5. The minimum Gasteiger partial charge on any atom is -0.481 e. The highest BCUT2D eigenvalue weighted by Gasteiger charge is 2.39. The first-order valence-electron chi connectivity index (χ1n) is 21.5. The minimum atomic E-state index is -5.59. The van der Waals surface area contributed by atoms with E-state index in [0.717, 1.165) is 13.8 Å². The molecule has 40 nitrogen and oxygen atoms in total. The summed E-state index contributed by atoms with van der Waals surface area (Å²) in [5, 5.41) is 59.2. The average molecular weight is 1240 g/mol. The number of carboxylic acid groups (broad SMARTS) is 5. The van der Waals surface area contributed by atoms with Gasteiger partial charge in [0.1, 0.15) is 82.9 Å². The summed E-state index contributed by atoms with van der Waals surface area (Å²) >= 11 is 0. The maximum Gasteiger partial charge on any atom is 0.327 e. The molecule has 0 heterocycles. The van der Waals surface area contributed by atoms with Gasteiger partial charge in [0.05, 0.1) is 25.7 Å². The lowest BCUT2D eigenvalue weighted by atomic mass is 9.94. The smallest absolute Gasteiger partial charge is 0.327 e. The summed E-state index contributed by atoms with van der Waals surface area (Å²) in [4.78, 5) is 188. The molecule has 0 aromatic carbocycles. The van der Waals surface area contributed by atoms with Crippen molar-refractivity contribution in [2.45, 2.75) is 101 Å². The van der Waals surface area contributed by atoms with Crippen LogP contribution >= 0.6 is 0 Å². The summed E-state index contributed by atoms with van der Waals surface area (Å²) in [7, 11) is -21.8. The molecule has 44 heteroatoms. The molecule has 0 aromatic heterocycles. The summed E-state index contributed by atoms with van der Waals surface area (Å²) in [6.45, 7) is 2.04. The van der Waals surface area contributed by atoms with Crippen LogP contribution in [0.15, 0.2) is 0 Å². The van der Waals surface area contributed by atoms with Crippen LogP contribution in [0.2, 0.25) is 0 Å². The highest BCUT2D eigenvalue weighted by molar-refractivity contribution is 7.86. The molecule has 0 aromatic rings. The lowest BCUT2D eigenvalue weighted by Crippen LogP contribution is -2.62. The van der Waals surface area contributed by atoms with Gasteiger partial charge in [0.15, 0.2) is 0 Å². The highest BCUT2D eigenvalue weighted by atomic mass is 32.2. The van der Waals surface area contributed by atoms with Gasteiger partial charge in [0.25, 0.3) is 40.5 Å². The van der Waals surface area contributed by atoms with E-state index >= 15 is 0 Å². The predicted molar refractivity (Wildman–Crippen MR) is 252 cm³/mol. The van der Waals surface area contributed by atoms with Gasteiger partial charge in [0.2, 0.25) is 47.3 Å². The quantitative estimate of drug-likeness (QED) is 0.0257. The van der Waals surface area contributed by atoms with Crippen LogP contribution in [0.4, 0.5) is 0 Å². The lowest BCUT2D eigenvalue weighted by molar-refractivity contribution is -0.143. The number of aliphatic carboxylic acids is 5. The number of amides is 8. The molecule has 0 saturated carbocycles. The van der Waals surface area contributed by atoms with Crippen LogP contribution in [0, 0.1) is 5.92 Å². The number of hydrogen-bond acceptors (Lipinski definition) is 23. The SMILES string of the molecule is CC(=O)CC(CC(=O)N[C@H](CC(=O)O)C(=O)N[C@H](CS(=O)(=O)O)C(=O)N[C@H](CC(=O)O)C(=O)N[C@H](CS(=O)(=O)O)C(=O)N[C@H](CC(=O)O)C(=O)N[C@H](CS(=O)(=O)O)C(=O)N[C@H](CC(=O)O)C(=O)N[C@H](CS(=O)(=O)O)C(=O)O)C(C)=O. The Labute approximate surface area is 449 Å². The predicted octanol–water partition coefficient (Wildman–Crippen LogP) is -10.0. The topological polar surface area (TPSA) is 671 Å². The zero-order valence-corrected chi connectivity index (χ0v) is 44.1. The number of carbonyl (C=O) groups is 15. The Balaban J connectivity index is 7.08. The van der Waals surface area contributed by atoms with Gasteiger partial charge in [0, 0.05) is 18.8 Å². The van der Waals surface area contributed by atoms with Crippen molar-refractivity contribution in [3.8, 4) is 0 Å². The molecule has 80 heavy (non-hydrogen) atoms. The molecular weight excluding hydrogens is 1180 g/mol. The standard InChI is InChI=1S/C36H52N8O32S4/c1-13(45)3-15(14(2)46)4-24(47)37-16(5-25(48)49)29(56)41-20(9-77(65,66)67)33(60)38-17(6-26(50)51)30(57)42-21(10-78(68,69)70)34(61)39-18(7-27(52)53)31(58)43-22(11-79(71,72)73)35(62)40-19(8-28(54)55)32(59)44-23(36(63)64)12-80(74,75)76/h15-23H,3-12H2,1-2H3,(H,37,47)(H,38,60)(H,39,61)(H,40,62)(H,41,56)(H,42,57)(H,43,58)(H,44,59)(H,48,49)(H,50,51)(H,52,53)(H,54,55)(H,63,64)(H,65,66,67)(H,68,69,70)(H,71,72,73)(H,74,75,76)/t15?,16-,17-,18-,19-,20-,21-,22-,23-/m1/s1. The van der Waals surface area contributed by atoms with Crippen molar-refractivity contribution in [2.75, 3.05) is 23.0 Å². The highest BCUT2D eigenvalue weighted by Crippen LogP contribution is 2.12. The fourth-order valence-electron chi connectivity index (χ4n) is 6.19. The van der Waals surface area contributed by atoms with Crippen molar-refractivity contribution >= 4 is 129 Å². The summed E-state index contributed by atoms with van der Waals surface area (Å²) in [5.74, 6) is -35.5. The van der Waals surface area contributed by atoms with Crippen molar-refractivity contribution in [2.24, 2.45) is 5.92 Å². The Morgan fingerprint density at radius 3 is 0.738 bits per heavy atom. The molecule has 0 bridgehead atoms. The lowest BCUT2D eigenvalue weighted by Gasteiger charge is -2.26. The molecule has 17 N–H and O–H groups in total. The van der Waals surface area contributed by atoms with Crippen LogP contribution < -0.4 is 42.5 Å².